The van der Waals surface area contributed by atoms with Crippen LogP contribution in [-0.2, 0) is 26.8 Å². The molecule has 0 spiro atoms. The summed E-state index contributed by atoms with van der Waals surface area (Å²) >= 11 is 1.36. The Bertz CT molecular complexity index is 676. The third-order valence-corrected chi connectivity index (χ3v) is 5.03. The van der Waals surface area contributed by atoms with Gasteiger partial charge in [0.05, 0.1) is 21.9 Å². The predicted octanol–water partition coefficient (Wildman–Crippen LogP) is 2.13. The molecule has 106 valence electrons. The number of nitrogens with zero attached hydrogens (tertiary/aromatic N) is 1. The van der Waals surface area contributed by atoms with E-state index in [1.54, 1.807) is 23.0 Å². The Kier molecular flexibility index (Phi) is 4.51. The van der Waals surface area contributed by atoms with Gasteiger partial charge in [-0.05, 0) is 24.1 Å². The molecule has 0 bridgehead atoms. The number of sulfone groups is 1. The highest BCUT2D eigenvalue weighted by molar-refractivity contribution is 7.90. The van der Waals surface area contributed by atoms with Crippen LogP contribution < -0.4 is 0 Å². The molecule has 0 saturated carbocycles. The van der Waals surface area contributed by atoms with Crippen molar-refractivity contribution in [3.05, 3.63) is 46.4 Å². The topological polar surface area (TPSA) is 84.3 Å². The summed E-state index contributed by atoms with van der Waals surface area (Å²) in [5.41, 5.74) is 2.94. The standard InChI is InChI=1S/C13H13NO4S2/c15-13(16)6-3-10-1-4-12(5-2-10)20(17,18)8-11-7-19-9-14-11/h1-2,4-5,7,9H,3,6,8H2,(H,15,16). The van der Waals surface area contributed by atoms with Gasteiger partial charge >= 0.3 is 5.97 Å². The molecule has 0 aliphatic carbocycles. The molecule has 0 aliphatic heterocycles. The van der Waals surface area contributed by atoms with Gasteiger partial charge in [-0.25, -0.2) is 13.4 Å². The van der Waals surface area contributed by atoms with Crippen molar-refractivity contribution in [2.45, 2.75) is 23.5 Å². The normalized spacial score (nSPS) is 11.4. The quantitative estimate of drug-likeness (QED) is 0.883. The smallest absolute Gasteiger partial charge is 0.303 e. The van der Waals surface area contributed by atoms with E-state index in [1.165, 1.54) is 23.5 Å². The number of hydrogen-bond acceptors (Lipinski definition) is 5. The molecule has 0 unspecified atom stereocenters. The maximum absolute atomic E-state index is 12.1. The van der Waals surface area contributed by atoms with Crippen molar-refractivity contribution in [3.63, 3.8) is 0 Å². The molecule has 2 rings (SSSR count). The minimum Gasteiger partial charge on any atom is -0.481 e. The van der Waals surface area contributed by atoms with Crippen LogP contribution in [0.15, 0.2) is 40.1 Å². The van der Waals surface area contributed by atoms with Gasteiger partial charge in [0.2, 0.25) is 0 Å². The molecule has 1 aromatic heterocycles. The van der Waals surface area contributed by atoms with Crippen LogP contribution in [0, 0.1) is 0 Å². The van der Waals surface area contributed by atoms with Crippen LogP contribution in [0.5, 0.6) is 0 Å². The van der Waals surface area contributed by atoms with Gasteiger partial charge in [-0.2, -0.15) is 0 Å². The van der Waals surface area contributed by atoms with Gasteiger partial charge in [0, 0.05) is 11.8 Å². The number of carboxylic acids is 1. The fourth-order valence-electron chi connectivity index (χ4n) is 1.70. The zero-order valence-electron chi connectivity index (χ0n) is 10.5. The predicted molar refractivity (Wildman–Crippen MR) is 75.4 cm³/mol. The second-order valence-electron chi connectivity index (χ2n) is 4.28. The average Bonchev–Trinajstić information content (AvgIpc) is 2.89. The van der Waals surface area contributed by atoms with Crippen molar-refractivity contribution in [2.24, 2.45) is 0 Å². The first-order chi connectivity index (χ1) is 9.47. The SMILES string of the molecule is O=C(O)CCc1ccc(S(=O)(=O)Cc2cscn2)cc1. The fourth-order valence-corrected chi connectivity index (χ4v) is 3.63. The fraction of sp³-hybridized carbons (Fsp3) is 0.231. The van der Waals surface area contributed by atoms with E-state index in [1.807, 2.05) is 0 Å². The van der Waals surface area contributed by atoms with E-state index in [0.717, 1.165) is 5.56 Å². The molecule has 0 atom stereocenters. The Hall–Kier alpha value is -1.73. The Balaban J connectivity index is 2.10. The Morgan fingerprint density at radius 3 is 2.50 bits per heavy atom. The van der Waals surface area contributed by atoms with E-state index >= 15 is 0 Å². The zero-order valence-corrected chi connectivity index (χ0v) is 12.2. The maximum atomic E-state index is 12.1. The molecular weight excluding hydrogens is 298 g/mol. The van der Waals surface area contributed by atoms with Crippen molar-refractivity contribution >= 4 is 27.1 Å². The highest BCUT2D eigenvalue weighted by atomic mass is 32.2. The van der Waals surface area contributed by atoms with Crippen molar-refractivity contribution in [2.75, 3.05) is 0 Å². The molecule has 7 heteroatoms. The zero-order chi connectivity index (χ0) is 14.6. The van der Waals surface area contributed by atoms with Crippen LogP contribution in [0.4, 0.5) is 0 Å². The third kappa shape index (κ3) is 3.88. The molecule has 20 heavy (non-hydrogen) atoms. The minimum absolute atomic E-state index is 0.0327. The van der Waals surface area contributed by atoms with Crippen molar-refractivity contribution in [1.29, 1.82) is 0 Å². The summed E-state index contributed by atoms with van der Waals surface area (Å²) in [6.45, 7) is 0. The molecule has 5 nitrogen and oxygen atoms in total. The first-order valence-corrected chi connectivity index (χ1v) is 8.47. The van der Waals surface area contributed by atoms with Crippen molar-refractivity contribution in [1.82, 2.24) is 4.98 Å². The van der Waals surface area contributed by atoms with E-state index in [-0.39, 0.29) is 17.1 Å². The molecule has 1 heterocycles. The summed E-state index contributed by atoms with van der Waals surface area (Å²) in [7, 11) is -3.40. The number of benzene rings is 1. The van der Waals surface area contributed by atoms with E-state index in [4.69, 9.17) is 5.11 Å². The highest BCUT2D eigenvalue weighted by Crippen LogP contribution is 2.17. The second kappa shape index (κ2) is 6.15. The minimum atomic E-state index is -3.40. The lowest BCUT2D eigenvalue weighted by Crippen LogP contribution is -2.05. The number of thiazole rings is 1. The number of aromatic nitrogens is 1. The maximum Gasteiger partial charge on any atom is 0.303 e. The Morgan fingerprint density at radius 2 is 1.95 bits per heavy atom. The van der Waals surface area contributed by atoms with E-state index in [9.17, 15) is 13.2 Å². The number of aryl methyl sites for hydroxylation is 1. The summed E-state index contributed by atoms with van der Waals surface area (Å²) < 4.78 is 24.3. The van der Waals surface area contributed by atoms with Gasteiger partial charge in [-0.15, -0.1) is 11.3 Å². The number of hydrogen-bond donors (Lipinski definition) is 1. The molecule has 2 aromatic rings. The van der Waals surface area contributed by atoms with Gasteiger partial charge in [-0.3, -0.25) is 4.79 Å². The summed E-state index contributed by atoms with van der Waals surface area (Å²) in [6.07, 6.45) is 0.423. The van der Waals surface area contributed by atoms with Crippen LogP contribution in [-0.4, -0.2) is 24.5 Å². The van der Waals surface area contributed by atoms with Gasteiger partial charge in [0.25, 0.3) is 0 Å². The third-order valence-electron chi connectivity index (χ3n) is 2.73. The number of rotatable bonds is 6. The first kappa shape index (κ1) is 14.7. The molecule has 0 radical (unpaired) electrons. The molecule has 0 amide bonds. The van der Waals surface area contributed by atoms with Gasteiger partial charge in [0.15, 0.2) is 9.84 Å². The number of carboxylic acid groups (broad SMARTS) is 1. The lowest BCUT2D eigenvalue weighted by atomic mass is 10.1. The van der Waals surface area contributed by atoms with E-state index in [0.29, 0.717) is 12.1 Å². The largest absolute Gasteiger partial charge is 0.481 e. The summed E-state index contributed by atoms with van der Waals surface area (Å²) in [4.78, 5) is 14.7. The summed E-state index contributed by atoms with van der Waals surface area (Å²) in [5.74, 6) is -0.990. The van der Waals surface area contributed by atoms with Gasteiger partial charge in [0.1, 0.15) is 0 Å². The average molecular weight is 311 g/mol. The first-order valence-electron chi connectivity index (χ1n) is 5.88. The molecule has 1 N–H and O–H groups in total. The number of carbonyl (C=O) groups is 1. The van der Waals surface area contributed by atoms with Gasteiger partial charge < -0.3 is 5.11 Å². The van der Waals surface area contributed by atoms with Crippen LogP contribution in [0.1, 0.15) is 17.7 Å². The monoisotopic (exact) mass is 311 g/mol. The number of aliphatic carboxylic acids is 1. The molecule has 0 aliphatic rings. The van der Waals surface area contributed by atoms with Crippen molar-refractivity contribution < 1.29 is 18.3 Å². The lowest BCUT2D eigenvalue weighted by Gasteiger charge is -2.04. The summed E-state index contributed by atoms with van der Waals surface area (Å²) in [6, 6.07) is 6.32. The Morgan fingerprint density at radius 1 is 1.25 bits per heavy atom. The summed E-state index contributed by atoms with van der Waals surface area (Å²) in [5, 5.41) is 10.3. The van der Waals surface area contributed by atoms with Gasteiger partial charge in [-0.1, -0.05) is 12.1 Å². The van der Waals surface area contributed by atoms with Crippen LogP contribution >= 0.6 is 11.3 Å². The second-order valence-corrected chi connectivity index (χ2v) is 6.98. The van der Waals surface area contributed by atoms with Crippen LogP contribution in [0.25, 0.3) is 0 Å². The lowest BCUT2D eigenvalue weighted by molar-refractivity contribution is -0.136. The molecule has 0 saturated heterocycles. The van der Waals surface area contributed by atoms with E-state index < -0.39 is 15.8 Å². The van der Waals surface area contributed by atoms with E-state index in [2.05, 4.69) is 4.98 Å². The molecular formula is C13H13NO4S2. The van der Waals surface area contributed by atoms with Crippen LogP contribution in [0.3, 0.4) is 0 Å². The molecule has 0 fully saturated rings. The molecule has 1 aromatic carbocycles. The Labute approximate surface area is 120 Å². The van der Waals surface area contributed by atoms with Crippen LogP contribution in [0.2, 0.25) is 0 Å². The van der Waals surface area contributed by atoms with Crippen molar-refractivity contribution in [3.8, 4) is 0 Å². The highest BCUT2D eigenvalue weighted by Gasteiger charge is 2.16.